The fourth-order valence-corrected chi connectivity index (χ4v) is 4.20. The molecular formula is C21H20N2OS. The predicted octanol–water partition coefficient (Wildman–Crippen LogP) is 4.09. The summed E-state index contributed by atoms with van der Waals surface area (Å²) < 4.78 is 1.89. The zero-order valence-electron chi connectivity index (χ0n) is 14.2. The lowest BCUT2D eigenvalue weighted by atomic mass is 9.98. The monoisotopic (exact) mass is 348 g/mol. The molecule has 1 heterocycles. The van der Waals surface area contributed by atoms with Crippen LogP contribution in [0.5, 0.6) is 0 Å². The van der Waals surface area contributed by atoms with Crippen molar-refractivity contribution in [2.45, 2.75) is 30.5 Å². The van der Waals surface area contributed by atoms with Crippen molar-refractivity contribution in [3.05, 3.63) is 93.4 Å². The van der Waals surface area contributed by atoms with Crippen molar-refractivity contribution >= 4 is 11.8 Å². The highest BCUT2D eigenvalue weighted by Crippen LogP contribution is 2.30. The maximum absolute atomic E-state index is 13.3. The van der Waals surface area contributed by atoms with E-state index in [-0.39, 0.29) is 11.6 Å². The quantitative estimate of drug-likeness (QED) is 0.526. The number of rotatable bonds is 4. The van der Waals surface area contributed by atoms with Crippen LogP contribution in [0, 0.1) is 0 Å². The van der Waals surface area contributed by atoms with E-state index in [1.165, 1.54) is 0 Å². The van der Waals surface area contributed by atoms with Crippen LogP contribution in [0.4, 0.5) is 0 Å². The molecule has 0 aliphatic heterocycles. The summed E-state index contributed by atoms with van der Waals surface area (Å²) in [5, 5.41) is 0.795. The summed E-state index contributed by atoms with van der Waals surface area (Å²) in [7, 11) is 0. The number of fused-ring (bicyclic) bond motifs is 1. The smallest absolute Gasteiger partial charge is 0.258 e. The van der Waals surface area contributed by atoms with E-state index in [9.17, 15) is 4.79 Å². The highest BCUT2D eigenvalue weighted by Gasteiger charge is 2.26. The van der Waals surface area contributed by atoms with Crippen molar-refractivity contribution in [1.29, 1.82) is 0 Å². The van der Waals surface area contributed by atoms with Gasteiger partial charge in [0.05, 0.1) is 11.7 Å². The van der Waals surface area contributed by atoms with Gasteiger partial charge in [-0.15, -0.1) is 0 Å². The molecule has 126 valence electrons. The Bertz CT molecular complexity index is 896. The number of nitrogens with zero attached hydrogens (tertiary/aromatic N) is 2. The van der Waals surface area contributed by atoms with E-state index in [4.69, 9.17) is 4.98 Å². The molecule has 1 aliphatic rings. The van der Waals surface area contributed by atoms with Gasteiger partial charge in [0.25, 0.3) is 5.56 Å². The minimum absolute atomic E-state index is 0.115. The summed E-state index contributed by atoms with van der Waals surface area (Å²) in [5.74, 6) is 0. The average Bonchev–Trinajstić information content (AvgIpc) is 3.14. The Morgan fingerprint density at radius 3 is 2.12 bits per heavy atom. The first-order valence-electron chi connectivity index (χ1n) is 8.57. The fourth-order valence-electron chi connectivity index (χ4n) is 3.62. The Morgan fingerprint density at radius 1 is 0.960 bits per heavy atom. The third-order valence-electron chi connectivity index (χ3n) is 4.77. The molecule has 3 aromatic rings. The van der Waals surface area contributed by atoms with Gasteiger partial charge in [-0.1, -0.05) is 72.4 Å². The van der Waals surface area contributed by atoms with Crippen LogP contribution in [0.2, 0.25) is 0 Å². The van der Waals surface area contributed by atoms with Gasteiger partial charge in [-0.3, -0.25) is 9.36 Å². The highest BCUT2D eigenvalue weighted by atomic mass is 32.2. The molecular weight excluding hydrogens is 328 g/mol. The standard InChI is InChI=1S/C21H20N2OS/c1-25-21-22-18-14-8-13-17(18)20(24)23(21)19(15-9-4-2-5-10-15)16-11-6-3-7-12-16/h2-7,9-12,19H,8,13-14H2,1H3. The molecule has 0 saturated heterocycles. The second-order valence-corrected chi connectivity index (χ2v) is 7.05. The SMILES string of the molecule is CSc1nc2c(c(=O)n1C(c1ccccc1)c1ccccc1)CCC2. The lowest BCUT2D eigenvalue weighted by Crippen LogP contribution is -2.31. The van der Waals surface area contributed by atoms with Crippen molar-refractivity contribution in [2.75, 3.05) is 6.26 Å². The molecule has 0 unspecified atom stereocenters. The van der Waals surface area contributed by atoms with Gasteiger partial charge < -0.3 is 0 Å². The third-order valence-corrected chi connectivity index (χ3v) is 5.43. The number of hydrogen-bond acceptors (Lipinski definition) is 3. The summed E-state index contributed by atoms with van der Waals surface area (Å²) in [6, 6.07) is 20.3. The Morgan fingerprint density at radius 2 is 1.56 bits per heavy atom. The van der Waals surface area contributed by atoms with Crippen LogP contribution >= 0.6 is 11.8 Å². The molecule has 1 aromatic heterocycles. The summed E-state index contributed by atoms with van der Waals surface area (Å²) in [5.41, 5.74) is 4.21. The second-order valence-electron chi connectivity index (χ2n) is 6.28. The molecule has 0 fully saturated rings. The molecule has 1 aliphatic carbocycles. The van der Waals surface area contributed by atoms with Crippen LogP contribution in [0.25, 0.3) is 0 Å². The topological polar surface area (TPSA) is 34.9 Å². The zero-order valence-corrected chi connectivity index (χ0v) is 15.0. The molecule has 0 spiro atoms. The van der Waals surface area contributed by atoms with Crippen molar-refractivity contribution in [3.8, 4) is 0 Å². The van der Waals surface area contributed by atoms with Crippen molar-refractivity contribution in [2.24, 2.45) is 0 Å². The van der Waals surface area contributed by atoms with Crippen LogP contribution in [-0.4, -0.2) is 15.8 Å². The van der Waals surface area contributed by atoms with Crippen molar-refractivity contribution in [3.63, 3.8) is 0 Å². The Hall–Kier alpha value is -2.33. The maximum atomic E-state index is 13.3. The van der Waals surface area contributed by atoms with Crippen LogP contribution in [0.1, 0.15) is 34.8 Å². The number of aromatic nitrogens is 2. The van der Waals surface area contributed by atoms with Crippen LogP contribution < -0.4 is 5.56 Å². The molecule has 4 rings (SSSR count). The number of thioether (sulfide) groups is 1. The minimum atomic E-state index is -0.157. The largest absolute Gasteiger partial charge is 0.276 e. The van der Waals surface area contributed by atoms with Crippen molar-refractivity contribution < 1.29 is 0 Å². The van der Waals surface area contributed by atoms with Crippen LogP contribution in [0.3, 0.4) is 0 Å². The van der Waals surface area contributed by atoms with Gasteiger partial charge in [-0.05, 0) is 36.6 Å². The summed E-state index contributed by atoms with van der Waals surface area (Å²) in [6.07, 6.45) is 4.77. The highest BCUT2D eigenvalue weighted by molar-refractivity contribution is 7.98. The summed E-state index contributed by atoms with van der Waals surface area (Å²) in [6.45, 7) is 0. The van der Waals surface area contributed by atoms with Crippen molar-refractivity contribution in [1.82, 2.24) is 9.55 Å². The zero-order chi connectivity index (χ0) is 17.2. The molecule has 0 radical (unpaired) electrons. The van der Waals surface area contributed by atoms with E-state index in [0.29, 0.717) is 0 Å². The lowest BCUT2D eigenvalue weighted by molar-refractivity contribution is 0.560. The normalized spacial score (nSPS) is 13.2. The molecule has 0 amide bonds. The van der Waals surface area contributed by atoms with Gasteiger partial charge in [-0.25, -0.2) is 4.98 Å². The first-order chi connectivity index (χ1) is 12.3. The van der Waals surface area contributed by atoms with Gasteiger partial charge >= 0.3 is 0 Å². The molecule has 25 heavy (non-hydrogen) atoms. The first kappa shape index (κ1) is 16.2. The Balaban J connectivity index is 1.99. The molecule has 0 saturated carbocycles. The molecule has 4 heteroatoms. The average molecular weight is 348 g/mol. The predicted molar refractivity (Wildman–Crippen MR) is 102 cm³/mol. The van der Waals surface area contributed by atoms with E-state index in [1.54, 1.807) is 11.8 Å². The van der Waals surface area contributed by atoms with E-state index < -0.39 is 0 Å². The van der Waals surface area contributed by atoms with Gasteiger partial charge in [0, 0.05) is 5.56 Å². The molecule has 0 N–H and O–H groups in total. The van der Waals surface area contributed by atoms with E-state index in [1.807, 2.05) is 47.2 Å². The Kier molecular flexibility index (Phi) is 4.45. The summed E-state index contributed by atoms with van der Waals surface area (Å²) >= 11 is 1.55. The third kappa shape index (κ3) is 2.91. The summed E-state index contributed by atoms with van der Waals surface area (Å²) in [4.78, 5) is 18.2. The molecule has 2 aromatic carbocycles. The van der Waals surface area contributed by atoms with Gasteiger partial charge in [-0.2, -0.15) is 0 Å². The second kappa shape index (κ2) is 6.89. The number of aryl methyl sites for hydroxylation is 1. The first-order valence-corrected chi connectivity index (χ1v) is 9.80. The molecule has 0 bridgehead atoms. The van der Waals surface area contributed by atoms with Gasteiger partial charge in [0.2, 0.25) is 0 Å². The molecule has 3 nitrogen and oxygen atoms in total. The van der Waals surface area contributed by atoms with Gasteiger partial charge in [0.15, 0.2) is 5.16 Å². The van der Waals surface area contributed by atoms with E-state index in [0.717, 1.165) is 46.8 Å². The van der Waals surface area contributed by atoms with Gasteiger partial charge in [0.1, 0.15) is 0 Å². The fraction of sp³-hybridized carbons (Fsp3) is 0.238. The number of hydrogen-bond donors (Lipinski definition) is 0. The van der Waals surface area contributed by atoms with E-state index >= 15 is 0 Å². The van der Waals surface area contributed by atoms with Crippen LogP contribution in [-0.2, 0) is 12.8 Å². The maximum Gasteiger partial charge on any atom is 0.258 e. The molecule has 0 atom stereocenters. The minimum Gasteiger partial charge on any atom is -0.276 e. The van der Waals surface area contributed by atoms with Crippen LogP contribution in [0.15, 0.2) is 70.6 Å². The lowest BCUT2D eigenvalue weighted by Gasteiger charge is -2.24. The number of benzene rings is 2. The van der Waals surface area contributed by atoms with E-state index in [2.05, 4.69) is 24.3 Å². The Labute approximate surface area is 151 Å².